The van der Waals surface area contributed by atoms with Gasteiger partial charge in [0.15, 0.2) is 5.83 Å². The van der Waals surface area contributed by atoms with Crippen LogP contribution < -0.4 is 0 Å². The standard InChI is InChI=1S/C11H12F6O3/c1-9(2)5(7(9)8(18)19)3-6(12)11(16,17)20-4-10(13,14)15/h3,5,7H,4H2,1-2H3,(H,18,19)/b6-3+. The molecule has 2 atom stereocenters. The molecule has 0 bridgehead atoms. The minimum Gasteiger partial charge on any atom is -0.481 e. The fraction of sp³-hybridized carbons (Fsp3) is 0.727. The third-order valence-electron chi connectivity index (χ3n) is 3.20. The molecule has 0 amide bonds. The molecule has 1 fully saturated rings. The fourth-order valence-corrected chi connectivity index (χ4v) is 1.96. The first kappa shape index (κ1) is 16.8. The first-order valence-electron chi connectivity index (χ1n) is 5.48. The summed E-state index contributed by atoms with van der Waals surface area (Å²) in [5.41, 5.74) is -0.941. The maximum absolute atomic E-state index is 13.3. The van der Waals surface area contributed by atoms with Crippen LogP contribution in [0.1, 0.15) is 13.8 Å². The van der Waals surface area contributed by atoms with Gasteiger partial charge in [0.25, 0.3) is 0 Å². The van der Waals surface area contributed by atoms with Gasteiger partial charge in [0.1, 0.15) is 6.61 Å². The van der Waals surface area contributed by atoms with Crippen molar-refractivity contribution in [3.63, 3.8) is 0 Å². The van der Waals surface area contributed by atoms with Crippen LogP contribution in [0.4, 0.5) is 26.3 Å². The van der Waals surface area contributed by atoms with Crippen molar-refractivity contribution in [2.75, 3.05) is 6.61 Å². The summed E-state index contributed by atoms with van der Waals surface area (Å²) in [5, 5.41) is 8.77. The summed E-state index contributed by atoms with van der Waals surface area (Å²) in [7, 11) is 0. The van der Waals surface area contributed by atoms with Crippen molar-refractivity contribution in [2.45, 2.75) is 26.1 Å². The Morgan fingerprint density at radius 3 is 2.15 bits per heavy atom. The molecule has 0 radical (unpaired) electrons. The van der Waals surface area contributed by atoms with Crippen LogP contribution in [0.25, 0.3) is 0 Å². The molecule has 1 saturated carbocycles. The van der Waals surface area contributed by atoms with Crippen LogP contribution in [0.5, 0.6) is 0 Å². The average Bonchev–Trinajstić information content (AvgIpc) is 2.77. The maximum atomic E-state index is 13.3. The molecule has 1 N–H and O–H groups in total. The second-order valence-corrected chi connectivity index (χ2v) is 5.10. The van der Waals surface area contributed by atoms with Crippen LogP contribution in [0, 0.1) is 17.3 Å². The third kappa shape index (κ3) is 3.65. The molecule has 2 unspecified atom stereocenters. The highest BCUT2D eigenvalue weighted by Crippen LogP contribution is 2.59. The van der Waals surface area contributed by atoms with Crippen molar-refractivity contribution in [3.05, 3.63) is 11.9 Å². The minimum absolute atomic E-state index is 0.315. The maximum Gasteiger partial charge on any atom is 0.412 e. The highest BCUT2D eigenvalue weighted by molar-refractivity contribution is 5.76. The highest BCUT2D eigenvalue weighted by atomic mass is 19.4. The van der Waals surface area contributed by atoms with Gasteiger partial charge < -0.3 is 9.84 Å². The van der Waals surface area contributed by atoms with Gasteiger partial charge in [-0.1, -0.05) is 13.8 Å². The summed E-state index contributed by atoms with van der Waals surface area (Å²) in [6.45, 7) is 0.543. The quantitative estimate of drug-likeness (QED) is 0.792. The van der Waals surface area contributed by atoms with Crippen molar-refractivity contribution >= 4 is 5.97 Å². The zero-order chi connectivity index (χ0) is 15.9. The van der Waals surface area contributed by atoms with Crippen LogP contribution in [0.3, 0.4) is 0 Å². The Bertz CT molecular complexity index is 426. The largest absolute Gasteiger partial charge is 0.481 e. The lowest BCUT2D eigenvalue weighted by molar-refractivity contribution is -0.276. The van der Waals surface area contributed by atoms with Gasteiger partial charge in [-0.15, -0.1) is 0 Å². The number of ether oxygens (including phenoxy) is 1. The number of allylic oxidation sites excluding steroid dienone is 1. The zero-order valence-electron chi connectivity index (χ0n) is 10.5. The molecule has 1 aliphatic rings. The summed E-state index contributed by atoms with van der Waals surface area (Å²) in [6.07, 6.45) is -9.45. The summed E-state index contributed by atoms with van der Waals surface area (Å²) < 4.78 is 77.7. The van der Waals surface area contributed by atoms with E-state index >= 15 is 0 Å². The second kappa shape index (κ2) is 4.94. The lowest BCUT2D eigenvalue weighted by Crippen LogP contribution is -2.29. The molecule has 3 nitrogen and oxygen atoms in total. The van der Waals surface area contributed by atoms with Gasteiger partial charge in [-0.25, -0.2) is 4.39 Å². The van der Waals surface area contributed by atoms with E-state index in [-0.39, 0.29) is 0 Å². The topological polar surface area (TPSA) is 46.5 Å². The molecule has 1 rings (SSSR count). The van der Waals surface area contributed by atoms with Crippen LogP contribution in [0.2, 0.25) is 0 Å². The van der Waals surface area contributed by atoms with Crippen molar-refractivity contribution in [2.24, 2.45) is 17.3 Å². The third-order valence-corrected chi connectivity index (χ3v) is 3.20. The number of carboxylic acid groups (broad SMARTS) is 1. The first-order chi connectivity index (χ1) is 8.79. The Kier molecular flexibility index (Phi) is 4.15. The molecule has 1 aliphatic carbocycles. The normalized spacial score (nSPS) is 26.5. The van der Waals surface area contributed by atoms with E-state index in [0.717, 1.165) is 0 Å². The van der Waals surface area contributed by atoms with Crippen molar-refractivity contribution in [1.82, 2.24) is 0 Å². The molecule has 0 aliphatic heterocycles. The molecule has 0 heterocycles. The fourth-order valence-electron chi connectivity index (χ4n) is 1.96. The number of rotatable bonds is 5. The van der Waals surface area contributed by atoms with Crippen LogP contribution in [-0.2, 0) is 9.53 Å². The average molecular weight is 306 g/mol. The Hall–Kier alpha value is -1.25. The number of alkyl halides is 5. The van der Waals surface area contributed by atoms with Crippen molar-refractivity contribution in [3.8, 4) is 0 Å². The number of carboxylic acids is 1. The summed E-state index contributed by atoms with van der Waals surface area (Å²) in [6, 6.07) is 0. The van der Waals surface area contributed by atoms with Gasteiger partial charge >= 0.3 is 18.3 Å². The molecular formula is C11H12F6O3. The summed E-state index contributed by atoms with van der Waals surface area (Å²) in [4.78, 5) is 10.8. The number of carbonyl (C=O) groups is 1. The summed E-state index contributed by atoms with van der Waals surface area (Å²) in [5.74, 6) is -5.60. The van der Waals surface area contributed by atoms with Gasteiger partial charge in [-0.2, -0.15) is 22.0 Å². The van der Waals surface area contributed by atoms with E-state index < -0.39 is 47.9 Å². The lowest BCUT2D eigenvalue weighted by atomic mass is 10.1. The second-order valence-electron chi connectivity index (χ2n) is 5.10. The zero-order valence-corrected chi connectivity index (χ0v) is 10.5. The SMILES string of the molecule is CC1(C)C(/C=C(/F)C(F)(F)OCC(F)(F)F)C1C(=O)O. The Morgan fingerprint density at radius 2 is 1.80 bits per heavy atom. The van der Waals surface area contributed by atoms with Gasteiger partial charge in [0.2, 0.25) is 0 Å². The molecule has 0 saturated heterocycles. The van der Waals surface area contributed by atoms with Crippen LogP contribution >= 0.6 is 0 Å². The smallest absolute Gasteiger partial charge is 0.412 e. The van der Waals surface area contributed by atoms with E-state index in [1.54, 1.807) is 0 Å². The molecule has 0 aromatic rings. The Balaban J connectivity index is 2.76. The van der Waals surface area contributed by atoms with E-state index in [1.807, 2.05) is 0 Å². The number of halogens is 6. The Labute approximate surface area is 110 Å². The lowest BCUT2D eigenvalue weighted by Gasteiger charge is -2.16. The van der Waals surface area contributed by atoms with E-state index in [1.165, 1.54) is 13.8 Å². The van der Waals surface area contributed by atoms with E-state index in [2.05, 4.69) is 4.74 Å². The van der Waals surface area contributed by atoms with Crippen LogP contribution in [0.15, 0.2) is 11.9 Å². The van der Waals surface area contributed by atoms with Crippen molar-refractivity contribution < 1.29 is 41.0 Å². The van der Waals surface area contributed by atoms with Gasteiger partial charge in [0, 0.05) is 0 Å². The van der Waals surface area contributed by atoms with Crippen molar-refractivity contribution in [1.29, 1.82) is 0 Å². The molecule has 20 heavy (non-hydrogen) atoms. The van der Waals surface area contributed by atoms with Crippen LogP contribution in [-0.4, -0.2) is 30.0 Å². The predicted molar refractivity (Wildman–Crippen MR) is 54.5 cm³/mol. The highest BCUT2D eigenvalue weighted by Gasteiger charge is 2.62. The first-order valence-corrected chi connectivity index (χ1v) is 5.48. The number of aliphatic carboxylic acids is 1. The molecule has 116 valence electrons. The minimum atomic E-state index is -5.02. The number of hydrogen-bond acceptors (Lipinski definition) is 2. The Morgan fingerprint density at radius 1 is 1.30 bits per heavy atom. The van der Waals surface area contributed by atoms with E-state index in [4.69, 9.17) is 5.11 Å². The molecule has 0 spiro atoms. The van der Waals surface area contributed by atoms with Gasteiger partial charge in [-0.3, -0.25) is 4.79 Å². The predicted octanol–water partition coefficient (Wildman–Crippen LogP) is 3.37. The van der Waals surface area contributed by atoms with E-state index in [0.29, 0.717) is 6.08 Å². The monoisotopic (exact) mass is 306 g/mol. The molecule has 0 aromatic heterocycles. The molecule has 9 heteroatoms. The van der Waals surface area contributed by atoms with E-state index in [9.17, 15) is 31.1 Å². The summed E-state index contributed by atoms with van der Waals surface area (Å²) >= 11 is 0. The van der Waals surface area contributed by atoms with Gasteiger partial charge in [-0.05, 0) is 17.4 Å². The molecule has 0 aromatic carbocycles. The number of hydrogen-bond donors (Lipinski definition) is 1. The molecular weight excluding hydrogens is 294 g/mol. The van der Waals surface area contributed by atoms with Gasteiger partial charge in [0.05, 0.1) is 5.92 Å².